The Bertz CT molecular complexity index is 1800. The zero-order valence-corrected chi connectivity index (χ0v) is 22.9. The number of ether oxygens (including phenoxy) is 1. The summed E-state index contributed by atoms with van der Waals surface area (Å²) in [5.41, 5.74) is 1.97. The predicted molar refractivity (Wildman–Crippen MR) is 148 cm³/mol. The van der Waals surface area contributed by atoms with E-state index in [0.29, 0.717) is 65.7 Å². The average molecular weight is 569 g/mol. The fourth-order valence-corrected chi connectivity index (χ4v) is 5.73. The van der Waals surface area contributed by atoms with E-state index in [1.165, 1.54) is 28.9 Å². The summed E-state index contributed by atoms with van der Waals surface area (Å²) in [4.78, 5) is 31.5. The average Bonchev–Trinajstić information content (AvgIpc) is 3.47. The van der Waals surface area contributed by atoms with Gasteiger partial charge in [0.1, 0.15) is 17.6 Å². The van der Waals surface area contributed by atoms with E-state index in [4.69, 9.17) is 32.4 Å². The third-order valence-electron chi connectivity index (χ3n) is 6.08. The van der Waals surface area contributed by atoms with Crippen LogP contribution >= 0.6 is 34.5 Å². The molecule has 3 heterocycles. The first-order chi connectivity index (χ1) is 18.2. The summed E-state index contributed by atoms with van der Waals surface area (Å²) in [6.07, 6.45) is 1.71. The van der Waals surface area contributed by atoms with Crippen LogP contribution in [0.15, 0.2) is 74.0 Å². The fourth-order valence-electron chi connectivity index (χ4n) is 4.39. The van der Waals surface area contributed by atoms with Gasteiger partial charge in [-0.1, -0.05) is 40.6 Å². The number of Topliss-reactive ketones (excluding diaryl/α,β-unsaturated/α-hetero) is 1. The molecule has 0 radical (unpaired) electrons. The Hall–Kier alpha value is -3.59. The van der Waals surface area contributed by atoms with Crippen molar-refractivity contribution in [2.45, 2.75) is 26.8 Å². The fraction of sp³-hybridized carbons (Fsp3) is 0.179. The van der Waals surface area contributed by atoms with E-state index < -0.39 is 6.04 Å². The zero-order valence-electron chi connectivity index (χ0n) is 20.6. The molecule has 0 saturated heterocycles. The molecule has 10 heteroatoms. The second-order valence-electron chi connectivity index (χ2n) is 8.63. The van der Waals surface area contributed by atoms with Crippen molar-refractivity contribution < 1.29 is 19.1 Å². The molecule has 1 N–H and O–H groups in total. The molecule has 4 aromatic rings. The summed E-state index contributed by atoms with van der Waals surface area (Å²) in [5, 5.41) is 10.8. The van der Waals surface area contributed by atoms with Crippen molar-refractivity contribution >= 4 is 46.4 Å². The lowest BCUT2D eigenvalue weighted by molar-refractivity contribution is -0.114. The molecule has 0 aliphatic carbocycles. The van der Waals surface area contributed by atoms with Gasteiger partial charge in [0.15, 0.2) is 22.1 Å². The monoisotopic (exact) mass is 568 g/mol. The highest BCUT2D eigenvalue weighted by molar-refractivity contribution is 7.07. The van der Waals surface area contributed by atoms with Crippen LogP contribution in [0.3, 0.4) is 0 Å². The van der Waals surface area contributed by atoms with Gasteiger partial charge in [-0.2, -0.15) is 0 Å². The van der Waals surface area contributed by atoms with Gasteiger partial charge < -0.3 is 14.3 Å². The van der Waals surface area contributed by atoms with Gasteiger partial charge in [-0.05, 0) is 74.9 Å². The number of carbonyl (C=O) groups is 1. The molecule has 0 unspecified atom stereocenters. The molecule has 7 nitrogen and oxygen atoms in total. The number of hydrogen-bond donors (Lipinski definition) is 1. The van der Waals surface area contributed by atoms with Gasteiger partial charge >= 0.3 is 0 Å². The molecule has 2 aromatic carbocycles. The molecular weight excluding hydrogens is 547 g/mol. The van der Waals surface area contributed by atoms with Crippen LogP contribution in [0.4, 0.5) is 0 Å². The highest BCUT2D eigenvalue weighted by atomic mass is 35.5. The number of nitrogens with zero attached hydrogens (tertiary/aromatic N) is 2. The lowest BCUT2D eigenvalue weighted by Gasteiger charge is -2.22. The summed E-state index contributed by atoms with van der Waals surface area (Å²) < 4.78 is 13.6. The number of thiazole rings is 1. The first-order valence-electron chi connectivity index (χ1n) is 11.7. The first kappa shape index (κ1) is 26.0. The van der Waals surface area contributed by atoms with Crippen LogP contribution in [0.5, 0.6) is 11.5 Å². The number of hydrogen-bond acceptors (Lipinski definition) is 7. The number of furan rings is 1. The molecule has 0 amide bonds. The topological polar surface area (TPSA) is 94.0 Å². The van der Waals surface area contributed by atoms with E-state index in [2.05, 4.69) is 4.99 Å². The number of phenols is 1. The first-order valence-corrected chi connectivity index (χ1v) is 13.3. The van der Waals surface area contributed by atoms with E-state index in [1.54, 1.807) is 55.5 Å². The number of fused-ring (bicyclic) bond motifs is 1. The Morgan fingerprint density at radius 1 is 1.18 bits per heavy atom. The van der Waals surface area contributed by atoms with Crippen LogP contribution in [0.2, 0.25) is 10.0 Å². The lowest BCUT2D eigenvalue weighted by atomic mass is 9.98. The van der Waals surface area contributed by atoms with Gasteiger partial charge in [-0.3, -0.25) is 14.2 Å². The predicted octanol–water partition coefficient (Wildman–Crippen LogP) is 5.50. The molecule has 1 atom stereocenters. The molecule has 0 spiro atoms. The molecule has 1 aliphatic rings. The summed E-state index contributed by atoms with van der Waals surface area (Å²) in [7, 11) is 0. The van der Waals surface area contributed by atoms with Crippen LogP contribution in [-0.2, 0) is 4.79 Å². The summed E-state index contributed by atoms with van der Waals surface area (Å²) in [6, 6.07) is 12.7. The molecule has 0 bridgehead atoms. The molecule has 0 saturated carbocycles. The maximum Gasteiger partial charge on any atom is 0.271 e. The van der Waals surface area contributed by atoms with Crippen LogP contribution in [0.1, 0.15) is 38.1 Å². The summed E-state index contributed by atoms with van der Waals surface area (Å²) in [5.74, 6) is 1.07. The minimum absolute atomic E-state index is 0.0165. The van der Waals surface area contributed by atoms with Gasteiger partial charge in [0, 0.05) is 16.8 Å². The quantitative estimate of drug-likeness (QED) is 0.331. The molecule has 194 valence electrons. The molecule has 5 rings (SSSR count). The van der Waals surface area contributed by atoms with E-state index in [1.807, 2.05) is 6.92 Å². The molecule has 38 heavy (non-hydrogen) atoms. The van der Waals surface area contributed by atoms with Crippen molar-refractivity contribution in [3.05, 3.63) is 101 Å². The van der Waals surface area contributed by atoms with Crippen LogP contribution in [0, 0.1) is 0 Å². The van der Waals surface area contributed by atoms with Gasteiger partial charge in [0.2, 0.25) is 0 Å². The highest BCUT2D eigenvalue weighted by Crippen LogP contribution is 2.35. The standard InChI is InChI=1S/C28H22Cl2N2O5S/c1-4-36-23-11-16(5-8-20(23)34)12-24-27(35)32-26(25(15(3)33)14(2)31-28(32)38-24)22-10-9-21(37-22)17-6-7-18(29)19(30)13-17/h5-13,26,34H,4H2,1-3H3/b24-12+/t26-/m0/s1. The van der Waals surface area contributed by atoms with E-state index >= 15 is 0 Å². The molecule has 1 aliphatic heterocycles. The summed E-state index contributed by atoms with van der Waals surface area (Å²) >= 11 is 13.5. The third kappa shape index (κ3) is 4.71. The number of halogens is 2. The molecule has 2 aromatic heterocycles. The summed E-state index contributed by atoms with van der Waals surface area (Å²) in [6.45, 7) is 5.41. The maximum atomic E-state index is 13.7. The Labute approximate surface area is 231 Å². The van der Waals surface area contributed by atoms with Crippen LogP contribution in [0.25, 0.3) is 17.4 Å². The molecule has 0 fully saturated rings. The van der Waals surface area contributed by atoms with E-state index in [-0.39, 0.29) is 17.1 Å². The van der Waals surface area contributed by atoms with E-state index in [9.17, 15) is 14.7 Å². The van der Waals surface area contributed by atoms with Crippen molar-refractivity contribution in [3.63, 3.8) is 0 Å². The van der Waals surface area contributed by atoms with Crippen LogP contribution in [-0.4, -0.2) is 22.1 Å². The number of phenolic OH excluding ortho intramolecular Hbond substituents is 1. The second kappa shape index (κ2) is 10.3. The van der Waals surface area contributed by atoms with Gasteiger partial charge in [0.05, 0.1) is 21.2 Å². The van der Waals surface area contributed by atoms with Crippen molar-refractivity contribution in [2.75, 3.05) is 6.61 Å². The van der Waals surface area contributed by atoms with E-state index in [0.717, 1.165) is 0 Å². The van der Waals surface area contributed by atoms with Crippen molar-refractivity contribution in [1.82, 2.24) is 4.57 Å². The van der Waals surface area contributed by atoms with Gasteiger partial charge in [0.25, 0.3) is 5.56 Å². The zero-order chi connectivity index (χ0) is 27.1. The number of aromatic nitrogens is 1. The second-order valence-corrected chi connectivity index (χ2v) is 10.5. The highest BCUT2D eigenvalue weighted by Gasteiger charge is 2.33. The van der Waals surface area contributed by atoms with Gasteiger partial charge in [-0.25, -0.2) is 4.99 Å². The molecular formula is C28H22Cl2N2O5S. The Morgan fingerprint density at radius 3 is 2.68 bits per heavy atom. The minimum atomic E-state index is -0.791. The van der Waals surface area contributed by atoms with Crippen molar-refractivity contribution in [1.29, 1.82) is 0 Å². The number of rotatable bonds is 6. The SMILES string of the molecule is CCOc1cc(/C=c2/sc3n(c2=O)[C@@H](c2ccc(-c4ccc(Cl)c(Cl)c4)o2)C(C(C)=O)=C(C)N=3)ccc1O. The minimum Gasteiger partial charge on any atom is -0.504 e. The van der Waals surface area contributed by atoms with Crippen LogP contribution < -0.4 is 19.6 Å². The number of aromatic hydroxyl groups is 1. The Balaban J connectivity index is 1.66. The maximum absolute atomic E-state index is 13.7. The Morgan fingerprint density at radius 2 is 1.97 bits per heavy atom. The number of ketones is 1. The lowest BCUT2D eigenvalue weighted by Crippen LogP contribution is -2.39. The normalized spacial score (nSPS) is 15.4. The van der Waals surface area contributed by atoms with Crippen molar-refractivity contribution in [3.8, 4) is 22.8 Å². The van der Waals surface area contributed by atoms with Crippen molar-refractivity contribution in [2.24, 2.45) is 4.99 Å². The number of carbonyl (C=O) groups excluding carboxylic acids is 1. The number of benzene rings is 2. The number of allylic oxidation sites excluding steroid dienone is 2. The van der Waals surface area contributed by atoms with Gasteiger partial charge in [-0.15, -0.1) is 0 Å². The Kier molecular flexibility index (Phi) is 7.05. The largest absolute Gasteiger partial charge is 0.504 e. The smallest absolute Gasteiger partial charge is 0.271 e. The third-order valence-corrected chi connectivity index (χ3v) is 7.80.